The Labute approximate surface area is 123 Å². The monoisotopic (exact) mass is 300 g/mol. The van der Waals surface area contributed by atoms with Crippen LogP contribution in [0.1, 0.15) is 33.7 Å². The molecule has 0 saturated heterocycles. The number of amides is 1. The predicted octanol–water partition coefficient (Wildman–Crippen LogP) is 1.66. The van der Waals surface area contributed by atoms with E-state index in [0.29, 0.717) is 12.2 Å². The minimum Gasteiger partial charge on any atom is -0.381 e. The van der Waals surface area contributed by atoms with Gasteiger partial charge in [0.25, 0.3) is 5.56 Å². The summed E-state index contributed by atoms with van der Waals surface area (Å²) in [4.78, 5) is 23.7. The Kier molecular flexibility index (Phi) is 5.16. The zero-order chi connectivity index (χ0) is 15.5. The molecule has 0 bridgehead atoms. The molecule has 1 amide bonds. The largest absolute Gasteiger partial charge is 0.381 e. The second kappa shape index (κ2) is 6.26. The lowest BCUT2D eigenvalue weighted by atomic mass is 9.92. The topological polar surface area (TPSA) is 76.0 Å². The molecule has 6 nitrogen and oxygen atoms in total. The first-order valence-electron chi connectivity index (χ1n) is 6.44. The lowest BCUT2D eigenvalue weighted by molar-refractivity contribution is -0.128. The van der Waals surface area contributed by atoms with Crippen molar-refractivity contribution >= 4 is 23.2 Å². The van der Waals surface area contributed by atoms with Gasteiger partial charge in [-0.05, 0) is 27.7 Å². The van der Waals surface area contributed by atoms with Crippen LogP contribution in [0.25, 0.3) is 0 Å². The van der Waals surface area contributed by atoms with Crippen LogP contribution in [-0.2, 0) is 4.79 Å². The average Bonchev–Trinajstić information content (AvgIpc) is 2.39. The second-order valence-corrected chi connectivity index (χ2v) is 5.91. The van der Waals surface area contributed by atoms with Gasteiger partial charge in [0.2, 0.25) is 5.91 Å². The summed E-state index contributed by atoms with van der Waals surface area (Å²) in [6.45, 7) is 7.66. The molecular formula is C13H21ClN4O2. The summed E-state index contributed by atoms with van der Waals surface area (Å²) in [6.07, 6.45) is 1.50. The minimum atomic E-state index is -0.620. The maximum Gasteiger partial charge on any atom is 0.287 e. The highest BCUT2D eigenvalue weighted by atomic mass is 35.5. The average molecular weight is 301 g/mol. The first-order valence-corrected chi connectivity index (χ1v) is 6.82. The summed E-state index contributed by atoms with van der Waals surface area (Å²) in [7, 11) is 1.59. The molecule has 1 rings (SSSR count). The quantitative estimate of drug-likeness (QED) is 0.867. The van der Waals surface area contributed by atoms with E-state index in [1.54, 1.807) is 20.9 Å². The van der Waals surface area contributed by atoms with E-state index in [1.165, 1.54) is 10.9 Å². The van der Waals surface area contributed by atoms with Crippen molar-refractivity contribution in [2.45, 2.75) is 33.7 Å². The van der Waals surface area contributed by atoms with Crippen LogP contribution >= 0.6 is 11.6 Å². The van der Waals surface area contributed by atoms with Gasteiger partial charge in [0.1, 0.15) is 5.02 Å². The molecule has 0 unspecified atom stereocenters. The number of hydrogen-bond acceptors (Lipinski definition) is 4. The van der Waals surface area contributed by atoms with Gasteiger partial charge in [0.15, 0.2) is 0 Å². The SMILES string of the molecule is CNC(=O)C(C)(C)CNc1cnn(C(C)C)c(=O)c1Cl. The number of carbonyl (C=O) groups excluding carboxylic acids is 1. The van der Waals surface area contributed by atoms with Crippen molar-refractivity contribution in [3.05, 3.63) is 21.6 Å². The molecule has 0 spiro atoms. The van der Waals surface area contributed by atoms with Gasteiger partial charge in [0, 0.05) is 13.6 Å². The summed E-state index contributed by atoms with van der Waals surface area (Å²) in [5.74, 6) is -0.0930. The Balaban J connectivity index is 2.93. The lowest BCUT2D eigenvalue weighted by Crippen LogP contribution is -2.39. The molecule has 7 heteroatoms. The number of carbonyl (C=O) groups is 1. The first kappa shape index (κ1) is 16.5. The van der Waals surface area contributed by atoms with Crippen LogP contribution in [0, 0.1) is 5.41 Å². The van der Waals surface area contributed by atoms with Crippen molar-refractivity contribution in [3.63, 3.8) is 0 Å². The highest BCUT2D eigenvalue weighted by Crippen LogP contribution is 2.20. The molecular weight excluding hydrogens is 280 g/mol. The van der Waals surface area contributed by atoms with E-state index in [-0.39, 0.29) is 22.5 Å². The fraction of sp³-hybridized carbons (Fsp3) is 0.615. The van der Waals surface area contributed by atoms with Crippen molar-refractivity contribution in [2.75, 3.05) is 18.9 Å². The fourth-order valence-electron chi connectivity index (χ4n) is 1.67. The Hall–Kier alpha value is -1.56. The maximum atomic E-state index is 12.0. The Morgan fingerprint density at radius 2 is 2.10 bits per heavy atom. The third-order valence-corrected chi connectivity index (χ3v) is 3.36. The maximum absolute atomic E-state index is 12.0. The molecule has 1 aromatic rings. The van der Waals surface area contributed by atoms with Crippen molar-refractivity contribution in [1.82, 2.24) is 15.1 Å². The highest BCUT2D eigenvalue weighted by Gasteiger charge is 2.26. The van der Waals surface area contributed by atoms with E-state index in [2.05, 4.69) is 15.7 Å². The number of hydrogen-bond donors (Lipinski definition) is 2. The number of nitrogens with zero attached hydrogens (tertiary/aromatic N) is 2. The molecule has 1 aromatic heterocycles. The number of nitrogens with one attached hydrogen (secondary N) is 2. The molecule has 0 aromatic carbocycles. The van der Waals surface area contributed by atoms with Crippen LogP contribution < -0.4 is 16.2 Å². The molecule has 0 atom stereocenters. The van der Waals surface area contributed by atoms with Crippen molar-refractivity contribution < 1.29 is 4.79 Å². The zero-order valence-corrected chi connectivity index (χ0v) is 13.2. The Morgan fingerprint density at radius 1 is 1.50 bits per heavy atom. The summed E-state index contributed by atoms with van der Waals surface area (Å²) in [5.41, 5.74) is -0.527. The van der Waals surface area contributed by atoms with Crippen LogP contribution in [0.2, 0.25) is 5.02 Å². The van der Waals surface area contributed by atoms with Gasteiger partial charge in [-0.2, -0.15) is 5.10 Å². The van der Waals surface area contributed by atoms with E-state index < -0.39 is 5.41 Å². The Morgan fingerprint density at radius 3 is 2.60 bits per heavy atom. The van der Waals surface area contributed by atoms with E-state index >= 15 is 0 Å². The Bertz CT molecular complexity index is 552. The molecule has 1 heterocycles. The van der Waals surface area contributed by atoms with Crippen LogP contribution in [0.5, 0.6) is 0 Å². The van der Waals surface area contributed by atoms with E-state index in [9.17, 15) is 9.59 Å². The van der Waals surface area contributed by atoms with Gasteiger partial charge < -0.3 is 10.6 Å². The number of rotatable bonds is 5. The lowest BCUT2D eigenvalue weighted by Gasteiger charge is -2.23. The summed E-state index contributed by atoms with van der Waals surface area (Å²) >= 11 is 6.05. The predicted molar refractivity (Wildman–Crippen MR) is 80.2 cm³/mol. The normalized spacial score (nSPS) is 11.6. The molecule has 0 saturated carbocycles. The fourth-order valence-corrected chi connectivity index (χ4v) is 1.87. The molecule has 2 N–H and O–H groups in total. The number of anilines is 1. The smallest absolute Gasteiger partial charge is 0.287 e. The zero-order valence-electron chi connectivity index (χ0n) is 12.5. The van der Waals surface area contributed by atoms with Crippen LogP contribution in [0.3, 0.4) is 0 Å². The molecule has 0 aliphatic rings. The van der Waals surface area contributed by atoms with E-state index in [4.69, 9.17) is 11.6 Å². The summed E-state index contributed by atoms with van der Waals surface area (Å²) in [5, 5.41) is 9.75. The molecule has 20 heavy (non-hydrogen) atoms. The van der Waals surface area contributed by atoms with Crippen molar-refractivity contribution in [2.24, 2.45) is 5.41 Å². The first-order chi connectivity index (χ1) is 9.20. The summed E-state index contributed by atoms with van der Waals surface area (Å²) in [6, 6.07) is -0.0589. The van der Waals surface area contributed by atoms with Gasteiger partial charge in [-0.1, -0.05) is 11.6 Å². The van der Waals surface area contributed by atoms with E-state index in [0.717, 1.165) is 0 Å². The van der Waals surface area contributed by atoms with Crippen molar-refractivity contribution in [3.8, 4) is 0 Å². The van der Waals surface area contributed by atoms with Crippen molar-refractivity contribution in [1.29, 1.82) is 0 Å². The molecule has 0 aliphatic heterocycles. The van der Waals surface area contributed by atoms with Gasteiger partial charge in [-0.3, -0.25) is 9.59 Å². The second-order valence-electron chi connectivity index (χ2n) is 5.53. The molecule has 0 fully saturated rings. The third kappa shape index (κ3) is 3.50. The van der Waals surface area contributed by atoms with Gasteiger partial charge >= 0.3 is 0 Å². The van der Waals surface area contributed by atoms with E-state index in [1.807, 2.05) is 13.8 Å². The van der Waals surface area contributed by atoms with Crippen LogP contribution in [0.15, 0.2) is 11.0 Å². The van der Waals surface area contributed by atoms with Gasteiger partial charge in [-0.25, -0.2) is 4.68 Å². The number of aromatic nitrogens is 2. The molecule has 0 radical (unpaired) electrons. The minimum absolute atomic E-state index is 0.0589. The third-order valence-electron chi connectivity index (χ3n) is 3.00. The molecule has 0 aliphatic carbocycles. The van der Waals surface area contributed by atoms with Crippen LogP contribution in [0.4, 0.5) is 5.69 Å². The molecule has 112 valence electrons. The van der Waals surface area contributed by atoms with Gasteiger partial charge in [0.05, 0.1) is 23.3 Å². The van der Waals surface area contributed by atoms with Crippen LogP contribution in [-0.4, -0.2) is 29.3 Å². The standard InChI is InChI=1S/C13H21ClN4O2/c1-8(2)18-11(19)10(14)9(6-17-18)16-7-13(3,4)12(20)15-5/h6,8,16H,7H2,1-5H3,(H,15,20). The summed E-state index contributed by atoms with van der Waals surface area (Å²) < 4.78 is 1.32. The van der Waals surface area contributed by atoms with Gasteiger partial charge in [-0.15, -0.1) is 0 Å². The number of halogens is 1. The highest BCUT2D eigenvalue weighted by molar-refractivity contribution is 6.32.